The number of allylic oxidation sites excluding steroid dienone is 2. The number of phenols is 2. The lowest BCUT2D eigenvalue weighted by Gasteiger charge is -2.48. The number of hydrogen-bond donors (Lipinski definition) is 2. The highest BCUT2D eigenvalue weighted by atomic mass is 16.5. The van der Waals surface area contributed by atoms with E-state index in [1.807, 2.05) is 6.92 Å². The lowest BCUT2D eigenvalue weighted by molar-refractivity contribution is -0.127. The van der Waals surface area contributed by atoms with E-state index in [1.165, 1.54) is 7.11 Å². The maximum absolute atomic E-state index is 13.0. The van der Waals surface area contributed by atoms with Crippen LogP contribution in [-0.4, -0.2) is 28.9 Å². The van der Waals surface area contributed by atoms with Crippen molar-refractivity contribution in [2.75, 3.05) is 7.11 Å². The molecule has 1 saturated carbocycles. The Labute approximate surface area is 140 Å². The van der Waals surface area contributed by atoms with Gasteiger partial charge in [-0.3, -0.25) is 9.59 Å². The molecule has 5 heteroatoms. The summed E-state index contributed by atoms with van der Waals surface area (Å²) in [7, 11) is 1.42. The van der Waals surface area contributed by atoms with Gasteiger partial charge in [0.2, 0.25) is 5.78 Å². The van der Waals surface area contributed by atoms with Gasteiger partial charge in [0.25, 0.3) is 0 Å². The number of rotatable bonds is 1. The van der Waals surface area contributed by atoms with E-state index in [2.05, 4.69) is 0 Å². The van der Waals surface area contributed by atoms with Crippen molar-refractivity contribution in [2.45, 2.75) is 46.0 Å². The van der Waals surface area contributed by atoms with Crippen LogP contribution in [-0.2, 0) is 14.9 Å². The predicted molar refractivity (Wildman–Crippen MR) is 88.2 cm³/mol. The molecule has 128 valence electrons. The van der Waals surface area contributed by atoms with Crippen molar-refractivity contribution < 1.29 is 24.5 Å². The average molecular weight is 330 g/mol. The largest absolute Gasteiger partial charge is 0.504 e. The summed E-state index contributed by atoms with van der Waals surface area (Å²) in [6.45, 7) is 7.09. The third kappa shape index (κ3) is 1.81. The van der Waals surface area contributed by atoms with E-state index in [0.29, 0.717) is 35.1 Å². The number of fused-ring (bicyclic) bond motifs is 3. The Bertz CT molecular complexity index is 816. The van der Waals surface area contributed by atoms with Crippen LogP contribution in [0.4, 0.5) is 0 Å². The second-order valence-corrected chi connectivity index (χ2v) is 7.43. The number of aryl methyl sites for hydroxylation is 1. The molecule has 2 aliphatic carbocycles. The highest BCUT2D eigenvalue weighted by Gasteiger charge is 2.55. The molecule has 1 aromatic rings. The molecule has 0 radical (unpaired) electrons. The third-order valence-electron chi connectivity index (χ3n) is 5.62. The Morgan fingerprint density at radius 2 is 1.75 bits per heavy atom. The summed E-state index contributed by atoms with van der Waals surface area (Å²) in [5.74, 6) is -0.651. The van der Waals surface area contributed by atoms with Crippen molar-refractivity contribution >= 4 is 11.6 Å². The molecule has 5 nitrogen and oxygen atoms in total. The number of carbonyl (C=O) groups is 2. The van der Waals surface area contributed by atoms with Gasteiger partial charge in [-0.1, -0.05) is 6.92 Å². The molecule has 24 heavy (non-hydrogen) atoms. The zero-order chi connectivity index (χ0) is 18.0. The van der Waals surface area contributed by atoms with Gasteiger partial charge < -0.3 is 14.9 Å². The molecule has 0 bridgehead atoms. The molecule has 2 aliphatic rings. The summed E-state index contributed by atoms with van der Waals surface area (Å²) in [6.07, 6.45) is 0.791. The van der Waals surface area contributed by atoms with Crippen LogP contribution >= 0.6 is 0 Å². The maximum atomic E-state index is 13.0. The fourth-order valence-corrected chi connectivity index (χ4v) is 4.37. The van der Waals surface area contributed by atoms with Gasteiger partial charge in [-0.25, -0.2) is 0 Å². The average Bonchev–Trinajstić information content (AvgIpc) is 2.51. The minimum absolute atomic E-state index is 0.0385. The fourth-order valence-electron chi connectivity index (χ4n) is 4.37. The first-order chi connectivity index (χ1) is 11.1. The molecule has 2 N–H and O–H groups in total. The minimum Gasteiger partial charge on any atom is -0.504 e. The summed E-state index contributed by atoms with van der Waals surface area (Å²) in [5.41, 5.74) is 0.112. The molecule has 0 amide bonds. The van der Waals surface area contributed by atoms with E-state index in [1.54, 1.807) is 26.8 Å². The van der Waals surface area contributed by atoms with Crippen molar-refractivity contribution in [1.29, 1.82) is 0 Å². The summed E-state index contributed by atoms with van der Waals surface area (Å²) in [6, 6.07) is 1.58. The van der Waals surface area contributed by atoms with Crippen LogP contribution in [0, 0.1) is 12.3 Å². The Balaban J connectivity index is 2.45. The fraction of sp³-hybridized carbons (Fsp3) is 0.474. The first-order valence-electron chi connectivity index (χ1n) is 8.00. The lowest BCUT2D eigenvalue weighted by Crippen LogP contribution is -2.48. The Hall–Kier alpha value is -2.30. The zero-order valence-electron chi connectivity index (χ0n) is 14.6. The number of hydrogen-bond acceptors (Lipinski definition) is 5. The SMILES string of the molecule is COC1=C2C(C)(C)C(=O)CCC2(C)c2c(cc(C)c(O)c2O)C1=O. The monoisotopic (exact) mass is 330 g/mol. The van der Waals surface area contributed by atoms with Crippen LogP contribution in [0.25, 0.3) is 0 Å². The maximum Gasteiger partial charge on any atom is 0.228 e. The predicted octanol–water partition coefficient (Wildman–Crippen LogP) is 3.15. The van der Waals surface area contributed by atoms with E-state index in [4.69, 9.17) is 4.74 Å². The number of ether oxygens (including phenoxy) is 1. The molecule has 0 spiro atoms. The van der Waals surface area contributed by atoms with Crippen molar-refractivity contribution in [1.82, 2.24) is 0 Å². The van der Waals surface area contributed by atoms with Gasteiger partial charge in [-0.15, -0.1) is 0 Å². The van der Waals surface area contributed by atoms with E-state index in [0.717, 1.165) is 0 Å². The smallest absolute Gasteiger partial charge is 0.228 e. The molecule has 1 atom stereocenters. The van der Waals surface area contributed by atoms with E-state index >= 15 is 0 Å². The quantitative estimate of drug-likeness (QED) is 0.773. The van der Waals surface area contributed by atoms with Gasteiger partial charge in [-0.2, -0.15) is 0 Å². The Morgan fingerprint density at radius 3 is 2.33 bits per heavy atom. The van der Waals surface area contributed by atoms with Crippen molar-refractivity contribution in [3.63, 3.8) is 0 Å². The Morgan fingerprint density at radius 1 is 1.12 bits per heavy atom. The summed E-state index contributed by atoms with van der Waals surface area (Å²) >= 11 is 0. The van der Waals surface area contributed by atoms with E-state index in [9.17, 15) is 19.8 Å². The van der Waals surface area contributed by atoms with Crippen LogP contribution in [0.2, 0.25) is 0 Å². The van der Waals surface area contributed by atoms with E-state index < -0.39 is 10.8 Å². The number of phenolic OH excluding ortho intramolecular Hbond substituents is 2. The number of ketones is 2. The minimum atomic E-state index is -0.876. The molecule has 1 fully saturated rings. The first-order valence-corrected chi connectivity index (χ1v) is 8.00. The summed E-state index contributed by atoms with van der Waals surface area (Å²) in [4.78, 5) is 25.5. The van der Waals surface area contributed by atoms with Crippen LogP contribution in [0.5, 0.6) is 11.5 Å². The molecule has 0 aromatic heterocycles. The summed E-state index contributed by atoms with van der Waals surface area (Å²) in [5, 5.41) is 20.8. The molecule has 0 saturated heterocycles. The van der Waals surface area contributed by atoms with Crippen LogP contribution in [0.15, 0.2) is 17.4 Å². The number of methoxy groups -OCH3 is 1. The molecular weight excluding hydrogens is 308 g/mol. The van der Waals surface area contributed by atoms with Gasteiger partial charge in [0, 0.05) is 28.4 Å². The number of Topliss-reactive ketones (excluding diaryl/α,β-unsaturated/α-hetero) is 2. The van der Waals surface area contributed by atoms with E-state index in [-0.39, 0.29) is 28.8 Å². The van der Waals surface area contributed by atoms with Crippen molar-refractivity contribution in [3.8, 4) is 11.5 Å². The van der Waals surface area contributed by atoms with Crippen LogP contribution in [0.3, 0.4) is 0 Å². The molecule has 1 aromatic carbocycles. The van der Waals surface area contributed by atoms with Crippen LogP contribution in [0.1, 0.15) is 55.1 Å². The highest BCUT2D eigenvalue weighted by molar-refractivity contribution is 6.13. The van der Waals surface area contributed by atoms with Crippen LogP contribution < -0.4 is 0 Å². The second kappa shape index (κ2) is 4.85. The van der Waals surface area contributed by atoms with Gasteiger partial charge in [0.15, 0.2) is 17.3 Å². The van der Waals surface area contributed by atoms with Gasteiger partial charge in [0.1, 0.15) is 5.78 Å². The van der Waals surface area contributed by atoms with Gasteiger partial charge >= 0.3 is 0 Å². The van der Waals surface area contributed by atoms with Crippen molar-refractivity contribution in [3.05, 3.63) is 34.1 Å². The Kier molecular flexibility index (Phi) is 3.35. The molecule has 1 unspecified atom stereocenters. The number of carbonyl (C=O) groups excluding carboxylic acids is 2. The number of aromatic hydroxyl groups is 2. The van der Waals surface area contributed by atoms with Gasteiger partial charge in [0.05, 0.1) is 7.11 Å². The molecule has 0 heterocycles. The third-order valence-corrected chi connectivity index (χ3v) is 5.62. The normalized spacial score (nSPS) is 25.4. The highest BCUT2D eigenvalue weighted by Crippen LogP contribution is 2.58. The molecule has 0 aliphatic heterocycles. The van der Waals surface area contributed by atoms with Crippen molar-refractivity contribution in [2.24, 2.45) is 5.41 Å². The standard InChI is InChI=1S/C19H22O5/c1-9-8-10-12(15(23)13(9)21)19(4)7-6-11(20)18(2,3)17(19)16(24-5)14(10)22/h8,21,23H,6-7H2,1-5H3. The first kappa shape index (κ1) is 16.6. The summed E-state index contributed by atoms with van der Waals surface area (Å²) < 4.78 is 5.42. The molecule has 3 rings (SSSR count). The lowest BCUT2D eigenvalue weighted by atomic mass is 9.54. The van der Waals surface area contributed by atoms with Gasteiger partial charge in [-0.05, 0) is 44.4 Å². The second-order valence-electron chi connectivity index (χ2n) is 7.43. The molecular formula is C19H22O5. The zero-order valence-corrected chi connectivity index (χ0v) is 14.6. The topological polar surface area (TPSA) is 83.8 Å². The number of benzene rings is 1.